The summed E-state index contributed by atoms with van der Waals surface area (Å²) < 4.78 is 5.44. The van der Waals surface area contributed by atoms with Crippen LogP contribution < -0.4 is 15.4 Å². The van der Waals surface area contributed by atoms with E-state index in [2.05, 4.69) is 48.5 Å². The molecule has 0 fully saturated rings. The number of aliphatic imine (C=N–C) groups is 1. The molecule has 2 rings (SSSR count). The van der Waals surface area contributed by atoms with Crippen molar-refractivity contribution in [3.05, 3.63) is 45.6 Å². The van der Waals surface area contributed by atoms with E-state index in [-0.39, 0.29) is 35.8 Å². The first-order valence-corrected chi connectivity index (χ1v) is 9.88. The van der Waals surface area contributed by atoms with E-state index in [1.807, 2.05) is 30.4 Å². The number of ether oxygens (including phenoxy) is 1. The Kier molecular flexibility index (Phi) is 10.5. The van der Waals surface area contributed by atoms with Crippen LogP contribution in [0.15, 0.2) is 35.3 Å². The number of halogens is 1. The summed E-state index contributed by atoms with van der Waals surface area (Å²) in [6.45, 7) is 10.1. The van der Waals surface area contributed by atoms with E-state index in [0.29, 0.717) is 18.9 Å². The lowest BCUT2D eigenvalue weighted by Crippen LogP contribution is -2.43. The van der Waals surface area contributed by atoms with E-state index < -0.39 is 0 Å². The van der Waals surface area contributed by atoms with Crippen molar-refractivity contribution in [2.45, 2.75) is 46.7 Å². The summed E-state index contributed by atoms with van der Waals surface area (Å²) in [5.74, 6) is 1.45. The van der Waals surface area contributed by atoms with E-state index in [1.54, 1.807) is 6.07 Å². The first-order valence-electron chi connectivity index (χ1n) is 9.06. The summed E-state index contributed by atoms with van der Waals surface area (Å²) in [4.78, 5) is 7.37. The molecule has 27 heavy (non-hydrogen) atoms. The molecule has 2 aromatic rings. The van der Waals surface area contributed by atoms with Gasteiger partial charge in [0.05, 0.1) is 13.2 Å². The maximum atomic E-state index is 9.80. The van der Waals surface area contributed by atoms with E-state index in [0.717, 1.165) is 24.5 Å². The van der Waals surface area contributed by atoms with Crippen LogP contribution in [0.1, 0.15) is 36.1 Å². The van der Waals surface area contributed by atoms with Gasteiger partial charge in [0.2, 0.25) is 0 Å². The number of hydrogen-bond acceptors (Lipinski definition) is 4. The zero-order chi connectivity index (χ0) is 18.9. The molecule has 0 saturated carbocycles. The maximum absolute atomic E-state index is 9.80. The molecular formula is C20H30IN3O2S. The average Bonchev–Trinajstić information content (AvgIpc) is 3.00. The molecule has 0 aliphatic heterocycles. The van der Waals surface area contributed by atoms with Crippen LogP contribution in [-0.4, -0.2) is 30.3 Å². The highest BCUT2D eigenvalue weighted by Crippen LogP contribution is 2.27. The minimum atomic E-state index is 0. The molecule has 0 aliphatic carbocycles. The number of aromatic hydroxyl groups is 1. The fraction of sp³-hybridized carbons (Fsp3) is 0.450. The summed E-state index contributed by atoms with van der Waals surface area (Å²) in [7, 11) is 0. The van der Waals surface area contributed by atoms with Crippen LogP contribution in [-0.2, 0) is 13.0 Å². The third-order valence-electron chi connectivity index (χ3n) is 3.77. The zero-order valence-electron chi connectivity index (χ0n) is 16.4. The molecule has 1 heterocycles. The molecule has 1 aromatic heterocycles. The van der Waals surface area contributed by atoms with Crippen molar-refractivity contribution >= 4 is 41.3 Å². The van der Waals surface area contributed by atoms with Gasteiger partial charge in [-0.3, -0.25) is 0 Å². The minimum absolute atomic E-state index is 0. The number of phenolic OH excluding ortho intramolecular Hbond substituents is 1. The number of rotatable bonds is 8. The van der Waals surface area contributed by atoms with Crippen molar-refractivity contribution in [1.29, 1.82) is 0 Å². The van der Waals surface area contributed by atoms with Crippen molar-refractivity contribution in [3.8, 4) is 11.5 Å². The molecular weight excluding hydrogens is 473 g/mol. The zero-order valence-corrected chi connectivity index (χ0v) is 19.6. The van der Waals surface area contributed by atoms with Crippen LogP contribution in [0.25, 0.3) is 0 Å². The lowest BCUT2D eigenvalue weighted by Gasteiger charge is -2.17. The Hall–Kier alpha value is -1.48. The number of benzene rings is 1. The summed E-state index contributed by atoms with van der Waals surface area (Å²) in [6.07, 6.45) is 0.969. The standard InChI is InChI=1S/C20H29N3O2S.HI/c1-5-21-20(23-14(3)11-17-9-7-15(4)26-17)22-13-16-8-10-18(24)19(12-16)25-6-2;/h7-10,12,14,24H,5-6,11,13H2,1-4H3,(H2,21,22,23);1H. The average molecular weight is 503 g/mol. The highest BCUT2D eigenvalue weighted by molar-refractivity contribution is 14.0. The molecule has 0 saturated heterocycles. The van der Waals surface area contributed by atoms with Gasteiger partial charge in [0.1, 0.15) is 0 Å². The van der Waals surface area contributed by atoms with Gasteiger partial charge in [-0.25, -0.2) is 4.99 Å². The van der Waals surface area contributed by atoms with Gasteiger partial charge >= 0.3 is 0 Å². The molecule has 1 unspecified atom stereocenters. The number of phenols is 1. The summed E-state index contributed by atoms with van der Waals surface area (Å²) in [5.41, 5.74) is 0.991. The minimum Gasteiger partial charge on any atom is -0.504 e. The Morgan fingerprint density at radius 1 is 1.26 bits per heavy atom. The quantitative estimate of drug-likeness (QED) is 0.283. The van der Waals surface area contributed by atoms with Crippen LogP contribution in [0, 0.1) is 6.92 Å². The molecule has 1 atom stereocenters. The molecule has 7 heteroatoms. The van der Waals surface area contributed by atoms with Crippen molar-refractivity contribution in [1.82, 2.24) is 10.6 Å². The van der Waals surface area contributed by atoms with Gasteiger partial charge < -0.3 is 20.5 Å². The molecule has 0 amide bonds. The van der Waals surface area contributed by atoms with Gasteiger partial charge in [-0.15, -0.1) is 35.3 Å². The predicted octanol–water partition coefficient (Wildman–Crippen LogP) is 4.47. The monoisotopic (exact) mass is 503 g/mol. The van der Waals surface area contributed by atoms with Crippen LogP contribution in [0.5, 0.6) is 11.5 Å². The third-order valence-corrected chi connectivity index (χ3v) is 4.80. The van der Waals surface area contributed by atoms with E-state index in [1.165, 1.54) is 9.75 Å². The first kappa shape index (κ1) is 23.6. The molecule has 1 aromatic carbocycles. The van der Waals surface area contributed by atoms with Gasteiger partial charge in [-0.2, -0.15) is 0 Å². The molecule has 5 nitrogen and oxygen atoms in total. The number of nitrogens with one attached hydrogen (secondary N) is 2. The van der Waals surface area contributed by atoms with Gasteiger partial charge in [0.25, 0.3) is 0 Å². The predicted molar refractivity (Wildman–Crippen MR) is 125 cm³/mol. The van der Waals surface area contributed by atoms with Crippen LogP contribution in [0.2, 0.25) is 0 Å². The Morgan fingerprint density at radius 2 is 2.04 bits per heavy atom. The second kappa shape index (κ2) is 12.1. The Labute approximate surface area is 183 Å². The number of nitrogens with zero attached hydrogens (tertiary/aromatic N) is 1. The molecule has 0 bridgehead atoms. The molecule has 0 spiro atoms. The van der Waals surface area contributed by atoms with Crippen molar-refractivity contribution in [3.63, 3.8) is 0 Å². The molecule has 150 valence electrons. The van der Waals surface area contributed by atoms with E-state index in [4.69, 9.17) is 4.74 Å². The first-order chi connectivity index (χ1) is 12.5. The number of guanidine groups is 1. The lowest BCUT2D eigenvalue weighted by molar-refractivity contribution is 0.318. The fourth-order valence-corrected chi connectivity index (χ4v) is 3.62. The second-order valence-electron chi connectivity index (χ2n) is 6.19. The molecule has 3 N–H and O–H groups in total. The van der Waals surface area contributed by atoms with Crippen molar-refractivity contribution in [2.75, 3.05) is 13.2 Å². The van der Waals surface area contributed by atoms with Crippen LogP contribution in [0.4, 0.5) is 0 Å². The smallest absolute Gasteiger partial charge is 0.191 e. The summed E-state index contributed by atoms with van der Waals surface area (Å²) in [6, 6.07) is 9.98. The van der Waals surface area contributed by atoms with Gasteiger partial charge in [0, 0.05) is 28.8 Å². The highest BCUT2D eigenvalue weighted by atomic mass is 127. The topological polar surface area (TPSA) is 65.9 Å². The van der Waals surface area contributed by atoms with Crippen LogP contribution in [0.3, 0.4) is 0 Å². The Bertz CT molecular complexity index is 734. The fourth-order valence-electron chi connectivity index (χ4n) is 2.60. The van der Waals surface area contributed by atoms with Crippen LogP contribution >= 0.6 is 35.3 Å². The molecule has 0 radical (unpaired) electrons. The van der Waals surface area contributed by atoms with E-state index >= 15 is 0 Å². The number of hydrogen-bond donors (Lipinski definition) is 3. The Balaban J connectivity index is 0.00000364. The third kappa shape index (κ3) is 7.96. The van der Waals surface area contributed by atoms with E-state index in [9.17, 15) is 5.11 Å². The van der Waals surface area contributed by atoms with Gasteiger partial charge in [0.15, 0.2) is 17.5 Å². The highest BCUT2D eigenvalue weighted by Gasteiger charge is 2.08. The lowest BCUT2D eigenvalue weighted by atomic mass is 10.2. The Morgan fingerprint density at radius 3 is 2.67 bits per heavy atom. The van der Waals surface area contributed by atoms with Crippen molar-refractivity contribution in [2.24, 2.45) is 4.99 Å². The largest absolute Gasteiger partial charge is 0.504 e. The molecule has 0 aliphatic rings. The number of aryl methyl sites for hydroxylation is 1. The SMILES string of the molecule is CCNC(=NCc1ccc(O)c(OCC)c1)NC(C)Cc1ccc(C)s1.I. The number of thiophene rings is 1. The van der Waals surface area contributed by atoms with Gasteiger partial charge in [-0.1, -0.05) is 6.07 Å². The van der Waals surface area contributed by atoms with Gasteiger partial charge in [-0.05, 0) is 57.5 Å². The maximum Gasteiger partial charge on any atom is 0.191 e. The summed E-state index contributed by atoms with van der Waals surface area (Å²) in [5, 5.41) is 16.6. The summed E-state index contributed by atoms with van der Waals surface area (Å²) >= 11 is 1.84. The second-order valence-corrected chi connectivity index (χ2v) is 7.56. The van der Waals surface area contributed by atoms with Crippen molar-refractivity contribution < 1.29 is 9.84 Å². The normalized spacial score (nSPS) is 12.2.